The predicted octanol–water partition coefficient (Wildman–Crippen LogP) is 4.60. The van der Waals surface area contributed by atoms with Crippen molar-refractivity contribution < 1.29 is 4.79 Å². The molecule has 2 amide bonds. The Morgan fingerprint density at radius 2 is 1.66 bits per heavy atom. The fraction of sp³-hybridized carbons (Fsp3) is 0.346. The van der Waals surface area contributed by atoms with Crippen molar-refractivity contribution in [2.75, 3.05) is 36.4 Å². The summed E-state index contributed by atoms with van der Waals surface area (Å²) in [6.07, 6.45) is 1.75. The third-order valence-electron chi connectivity index (χ3n) is 5.98. The van der Waals surface area contributed by atoms with Gasteiger partial charge >= 0.3 is 6.03 Å². The van der Waals surface area contributed by atoms with Crippen LogP contribution in [0.1, 0.15) is 35.1 Å². The minimum Gasteiger partial charge on any atom is -0.353 e. The van der Waals surface area contributed by atoms with Gasteiger partial charge in [0.15, 0.2) is 0 Å². The highest BCUT2D eigenvalue weighted by Gasteiger charge is 2.25. The lowest BCUT2D eigenvalue weighted by Gasteiger charge is -2.36. The Hall–Kier alpha value is -3.41. The first-order chi connectivity index (χ1) is 15.5. The van der Waals surface area contributed by atoms with Crippen molar-refractivity contribution in [3.63, 3.8) is 0 Å². The van der Waals surface area contributed by atoms with Crippen LogP contribution >= 0.6 is 0 Å². The molecule has 0 atom stereocenters. The van der Waals surface area contributed by atoms with E-state index in [1.165, 1.54) is 11.1 Å². The molecule has 6 nitrogen and oxygen atoms in total. The number of hydrogen-bond acceptors (Lipinski definition) is 4. The summed E-state index contributed by atoms with van der Waals surface area (Å²) in [6.45, 7) is 8.93. The molecule has 1 fully saturated rings. The molecule has 0 spiro atoms. The largest absolute Gasteiger partial charge is 0.353 e. The average molecular weight is 430 g/mol. The van der Waals surface area contributed by atoms with Crippen molar-refractivity contribution in [3.05, 3.63) is 82.8 Å². The summed E-state index contributed by atoms with van der Waals surface area (Å²) < 4.78 is 0. The Morgan fingerprint density at radius 1 is 0.938 bits per heavy atom. The molecule has 1 saturated heterocycles. The smallest absolute Gasteiger partial charge is 0.321 e. The number of amides is 2. The molecule has 2 heterocycles. The van der Waals surface area contributed by atoms with Crippen LogP contribution in [-0.2, 0) is 12.8 Å². The number of carbonyl (C=O) groups is 1. The molecule has 0 saturated carbocycles. The molecule has 0 bridgehead atoms. The summed E-state index contributed by atoms with van der Waals surface area (Å²) in [5.41, 5.74) is 5.50. The lowest BCUT2D eigenvalue weighted by molar-refractivity contribution is 0.208. The van der Waals surface area contributed by atoms with E-state index >= 15 is 0 Å². The molecular formula is C26H31N5O. The number of aryl methyl sites for hydroxylation is 3. The van der Waals surface area contributed by atoms with E-state index < -0.39 is 0 Å². The second-order valence-electron chi connectivity index (χ2n) is 8.28. The number of urea groups is 1. The molecule has 1 aliphatic rings. The lowest BCUT2D eigenvalue weighted by Crippen LogP contribution is -2.50. The maximum atomic E-state index is 12.8. The van der Waals surface area contributed by atoms with Crippen molar-refractivity contribution >= 4 is 17.5 Å². The van der Waals surface area contributed by atoms with Crippen molar-refractivity contribution in [3.8, 4) is 0 Å². The van der Waals surface area contributed by atoms with Crippen LogP contribution in [0.15, 0.2) is 54.6 Å². The Morgan fingerprint density at radius 3 is 2.38 bits per heavy atom. The van der Waals surface area contributed by atoms with Crippen LogP contribution in [0.2, 0.25) is 0 Å². The lowest BCUT2D eigenvalue weighted by atomic mass is 10.0. The molecule has 0 unspecified atom stereocenters. The summed E-state index contributed by atoms with van der Waals surface area (Å²) in [7, 11) is 0. The van der Waals surface area contributed by atoms with Crippen LogP contribution in [0.3, 0.4) is 0 Å². The van der Waals surface area contributed by atoms with Crippen LogP contribution in [0.5, 0.6) is 0 Å². The summed E-state index contributed by atoms with van der Waals surface area (Å²) in [6, 6.07) is 18.4. The van der Waals surface area contributed by atoms with Gasteiger partial charge in [0.25, 0.3) is 0 Å². The molecule has 4 rings (SSSR count). The second-order valence-corrected chi connectivity index (χ2v) is 8.28. The summed E-state index contributed by atoms with van der Waals surface area (Å²) in [4.78, 5) is 26.4. The molecule has 1 N–H and O–H groups in total. The number of carbonyl (C=O) groups excluding carboxylic acids is 1. The first-order valence-corrected chi connectivity index (χ1v) is 11.3. The highest BCUT2D eigenvalue weighted by Crippen LogP contribution is 2.25. The Bertz CT molecular complexity index is 1070. The van der Waals surface area contributed by atoms with Gasteiger partial charge in [0.1, 0.15) is 11.6 Å². The summed E-state index contributed by atoms with van der Waals surface area (Å²) in [5, 5.41) is 3.05. The van der Waals surface area contributed by atoms with Crippen LogP contribution in [-0.4, -0.2) is 47.1 Å². The Kier molecular flexibility index (Phi) is 6.69. The highest BCUT2D eigenvalue weighted by molar-refractivity contribution is 5.89. The molecule has 1 aliphatic heterocycles. The van der Waals surface area contributed by atoms with E-state index in [0.29, 0.717) is 13.1 Å². The monoisotopic (exact) mass is 429 g/mol. The van der Waals surface area contributed by atoms with Gasteiger partial charge in [0.05, 0.1) is 0 Å². The van der Waals surface area contributed by atoms with E-state index in [9.17, 15) is 4.79 Å². The van der Waals surface area contributed by atoms with Crippen LogP contribution < -0.4 is 10.2 Å². The number of nitrogens with one attached hydrogen (secondary N) is 1. The van der Waals surface area contributed by atoms with Gasteiger partial charge in [-0.05, 0) is 43.5 Å². The maximum absolute atomic E-state index is 12.8. The third-order valence-corrected chi connectivity index (χ3v) is 5.98. The van der Waals surface area contributed by atoms with Crippen molar-refractivity contribution in [1.29, 1.82) is 0 Å². The van der Waals surface area contributed by atoms with Gasteiger partial charge < -0.3 is 15.1 Å². The van der Waals surface area contributed by atoms with E-state index in [1.807, 2.05) is 36.1 Å². The van der Waals surface area contributed by atoms with Gasteiger partial charge in [-0.25, -0.2) is 14.8 Å². The number of hydrogen-bond donors (Lipinski definition) is 1. The third kappa shape index (κ3) is 5.07. The average Bonchev–Trinajstić information content (AvgIpc) is 2.81. The maximum Gasteiger partial charge on any atom is 0.321 e. The van der Waals surface area contributed by atoms with Crippen molar-refractivity contribution in [2.24, 2.45) is 0 Å². The number of rotatable bonds is 5. The number of nitrogens with zero attached hydrogens (tertiary/aromatic N) is 4. The molecule has 1 aromatic heterocycles. The number of aromatic nitrogens is 2. The van der Waals surface area contributed by atoms with Crippen LogP contribution in [0.4, 0.5) is 16.3 Å². The van der Waals surface area contributed by atoms with E-state index in [2.05, 4.69) is 59.4 Å². The van der Waals surface area contributed by atoms with Crippen molar-refractivity contribution in [2.45, 2.75) is 33.6 Å². The molecule has 32 heavy (non-hydrogen) atoms. The highest BCUT2D eigenvalue weighted by atomic mass is 16.2. The Balaban J connectivity index is 1.45. The molecule has 2 aromatic carbocycles. The fourth-order valence-electron chi connectivity index (χ4n) is 4.18. The minimum atomic E-state index is -0.0440. The number of piperazine rings is 1. The van der Waals surface area contributed by atoms with Gasteiger partial charge in [-0.15, -0.1) is 0 Å². The molecule has 0 radical (unpaired) electrons. The minimum absolute atomic E-state index is 0.0440. The fourth-order valence-corrected chi connectivity index (χ4v) is 4.18. The molecular weight excluding hydrogens is 398 g/mol. The summed E-state index contributed by atoms with van der Waals surface area (Å²) >= 11 is 0. The van der Waals surface area contributed by atoms with Crippen LogP contribution in [0, 0.1) is 13.8 Å². The van der Waals surface area contributed by atoms with E-state index in [0.717, 1.165) is 54.5 Å². The first-order valence-electron chi connectivity index (χ1n) is 11.3. The van der Waals surface area contributed by atoms with Crippen molar-refractivity contribution in [1.82, 2.24) is 14.9 Å². The van der Waals surface area contributed by atoms with Gasteiger partial charge in [0, 0.05) is 49.5 Å². The Labute approximate surface area is 190 Å². The second kappa shape index (κ2) is 9.81. The van der Waals surface area contributed by atoms with E-state index in [1.54, 1.807) is 0 Å². The van der Waals surface area contributed by atoms with E-state index in [-0.39, 0.29) is 6.03 Å². The van der Waals surface area contributed by atoms with Gasteiger partial charge in [-0.2, -0.15) is 0 Å². The zero-order valence-electron chi connectivity index (χ0n) is 19.1. The van der Waals surface area contributed by atoms with Gasteiger partial charge in [-0.1, -0.05) is 49.4 Å². The number of benzene rings is 2. The topological polar surface area (TPSA) is 61.4 Å². The first kappa shape index (κ1) is 21.8. The molecule has 0 aliphatic carbocycles. The van der Waals surface area contributed by atoms with Gasteiger partial charge in [0.2, 0.25) is 0 Å². The standard InChI is InChI=1S/C26H31N5O/c1-4-21-11-8-12-23(17-21)29-26(32)31-15-13-30(14-16-31)25-24(19(2)27-20(3)28-25)18-22-9-6-5-7-10-22/h5-12,17H,4,13-16,18H2,1-3H3,(H,29,32). The van der Waals surface area contributed by atoms with Crippen LogP contribution in [0.25, 0.3) is 0 Å². The molecule has 3 aromatic rings. The summed E-state index contributed by atoms with van der Waals surface area (Å²) in [5.74, 6) is 1.78. The number of anilines is 2. The van der Waals surface area contributed by atoms with E-state index in [4.69, 9.17) is 4.98 Å². The molecule has 6 heteroatoms. The zero-order chi connectivity index (χ0) is 22.5. The zero-order valence-corrected chi connectivity index (χ0v) is 19.1. The normalized spacial score (nSPS) is 13.8. The quantitative estimate of drug-likeness (QED) is 0.644. The molecule has 166 valence electrons. The SMILES string of the molecule is CCc1cccc(NC(=O)N2CCN(c3nc(C)nc(C)c3Cc3ccccc3)CC2)c1. The van der Waals surface area contributed by atoms with Gasteiger partial charge in [-0.3, -0.25) is 0 Å². The predicted molar refractivity (Wildman–Crippen MR) is 129 cm³/mol.